The van der Waals surface area contributed by atoms with Crippen LogP contribution in [0.3, 0.4) is 0 Å². The number of ether oxygens (including phenoxy) is 2. The van der Waals surface area contributed by atoms with Crippen molar-refractivity contribution < 1.29 is 14.3 Å². The van der Waals surface area contributed by atoms with E-state index in [-0.39, 0.29) is 12.5 Å². The van der Waals surface area contributed by atoms with Crippen LogP contribution in [0.25, 0.3) is 0 Å². The summed E-state index contributed by atoms with van der Waals surface area (Å²) in [5.74, 6) is 1.06. The minimum Gasteiger partial charge on any atom is -0.495 e. The summed E-state index contributed by atoms with van der Waals surface area (Å²) in [6.45, 7) is 3.84. The van der Waals surface area contributed by atoms with Crippen LogP contribution in [0.4, 0.5) is 5.69 Å². The highest BCUT2D eigenvalue weighted by molar-refractivity contribution is 6.32. The number of nitrogens with one attached hydrogen (secondary N) is 1. The topological polar surface area (TPSA) is 47.6 Å². The molecule has 0 heterocycles. The third kappa shape index (κ3) is 3.92. The van der Waals surface area contributed by atoms with Crippen LogP contribution >= 0.6 is 11.6 Å². The molecule has 0 bridgehead atoms. The number of carbonyl (C=O) groups excluding carboxylic acids is 1. The Hall–Kier alpha value is -2.20. The van der Waals surface area contributed by atoms with Gasteiger partial charge in [-0.05, 0) is 43.2 Å². The normalized spacial score (nSPS) is 10.2. The first-order valence-corrected chi connectivity index (χ1v) is 7.21. The van der Waals surface area contributed by atoms with E-state index in [2.05, 4.69) is 5.32 Å². The first kappa shape index (κ1) is 16.2. The summed E-state index contributed by atoms with van der Waals surface area (Å²) in [6.07, 6.45) is 0. The molecular formula is C17H18ClNO3. The maximum Gasteiger partial charge on any atom is 0.262 e. The molecule has 0 aromatic heterocycles. The molecule has 0 fully saturated rings. The Morgan fingerprint density at radius 1 is 1.18 bits per heavy atom. The van der Waals surface area contributed by atoms with Crippen LogP contribution in [0.5, 0.6) is 11.5 Å². The lowest BCUT2D eigenvalue weighted by Crippen LogP contribution is -2.20. The highest BCUT2D eigenvalue weighted by Crippen LogP contribution is 2.27. The Bertz CT molecular complexity index is 665. The van der Waals surface area contributed by atoms with Crippen LogP contribution < -0.4 is 14.8 Å². The molecule has 0 atom stereocenters. The van der Waals surface area contributed by atoms with Crippen molar-refractivity contribution >= 4 is 23.2 Å². The second-order valence-electron chi connectivity index (χ2n) is 4.91. The minimum absolute atomic E-state index is 0.0602. The Kier molecular flexibility index (Phi) is 5.28. The average molecular weight is 320 g/mol. The summed E-state index contributed by atoms with van der Waals surface area (Å²) in [4.78, 5) is 12.0. The van der Waals surface area contributed by atoms with Crippen LogP contribution in [0.1, 0.15) is 11.1 Å². The Morgan fingerprint density at radius 2 is 1.86 bits per heavy atom. The van der Waals surface area contributed by atoms with Gasteiger partial charge in [0.1, 0.15) is 11.5 Å². The van der Waals surface area contributed by atoms with Gasteiger partial charge < -0.3 is 14.8 Å². The van der Waals surface area contributed by atoms with Gasteiger partial charge in [0.15, 0.2) is 6.61 Å². The summed E-state index contributed by atoms with van der Waals surface area (Å²) in [5, 5.41) is 3.18. The van der Waals surface area contributed by atoms with Crippen molar-refractivity contribution in [3.05, 3.63) is 52.5 Å². The fourth-order valence-corrected chi connectivity index (χ4v) is 2.36. The van der Waals surface area contributed by atoms with Crippen molar-refractivity contribution in [3.63, 3.8) is 0 Å². The van der Waals surface area contributed by atoms with Gasteiger partial charge in [0.2, 0.25) is 0 Å². The van der Waals surface area contributed by atoms with E-state index in [1.807, 2.05) is 32.0 Å². The number of benzene rings is 2. The van der Waals surface area contributed by atoms with Crippen molar-refractivity contribution in [1.82, 2.24) is 0 Å². The van der Waals surface area contributed by atoms with Gasteiger partial charge in [-0.15, -0.1) is 0 Å². The number of hydrogen-bond acceptors (Lipinski definition) is 3. The molecule has 0 aliphatic heterocycles. The molecule has 0 saturated heterocycles. The van der Waals surface area contributed by atoms with Gasteiger partial charge in [0.25, 0.3) is 5.91 Å². The lowest BCUT2D eigenvalue weighted by Gasteiger charge is -2.12. The molecule has 2 aromatic rings. The number of rotatable bonds is 5. The van der Waals surface area contributed by atoms with Crippen molar-refractivity contribution in [2.75, 3.05) is 19.0 Å². The van der Waals surface area contributed by atoms with Gasteiger partial charge >= 0.3 is 0 Å². The lowest BCUT2D eigenvalue weighted by molar-refractivity contribution is -0.118. The third-order valence-electron chi connectivity index (χ3n) is 3.19. The second-order valence-corrected chi connectivity index (χ2v) is 5.31. The summed E-state index contributed by atoms with van der Waals surface area (Å²) in [7, 11) is 1.54. The SMILES string of the molecule is COc1ccc(NC(=O)COc2c(C)cccc2C)cc1Cl. The smallest absolute Gasteiger partial charge is 0.262 e. The van der Waals surface area contributed by atoms with E-state index in [1.54, 1.807) is 18.2 Å². The minimum atomic E-state index is -0.246. The van der Waals surface area contributed by atoms with Crippen LogP contribution in [0.15, 0.2) is 36.4 Å². The number of methoxy groups -OCH3 is 1. The predicted molar refractivity (Wildman–Crippen MR) is 88.0 cm³/mol. The Morgan fingerprint density at radius 3 is 2.45 bits per heavy atom. The molecule has 5 heteroatoms. The molecular weight excluding hydrogens is 302 g/mol. The zero-order chi connectivity index (χ0) is 16.1. The molecule has 0 spiro atoms. The van der Waals surface area contributed by atoms with Crippen molar-refractivity contribution in [2.45, 2.75) is 13.8 Å². The molecule has 1 amide bonds. The Labute approximate surface area is 135 Å². The third-order valence-corrected chi connectivity index (χ3v) is 3.49. The van der Waals surface area contributed by atoms with Crippen molar-refractivity contribution in [3.8, 4) is 11.5 Å². The molecule has 0 saturated carbocycles. The standard InChI is InChI=1S/C17H18ClNO3/c1-11-5-4-6-12(2)17(11)22-10-16(20)19-13-7-8-15(21-3)14(18)9-13/h4-9H,10H2,1-3H3,(H,19,20). The van der Waals surface area contributed by atoms with Crippen molar-refractivity contribution in [1.29, 1.82) is 0 Å². The van der Waals surface area contributed by atoms with Gasteiger partial charge in [0, 0.05) is 5.69 Å². The van der Waals surface area contributed by atoms with E-state index in [0.29, 0.717) is 16.5 Å². The van der Waals surface area contributed by atoms with Gasteiger partial charge in [-0.25, -0.2) is 0 Å². The number of para-hydroxylation sites is 1. The lowest BCUT2D eigenvalue weighted by atomic mass is 10.1. The van der Waals surface area contributed by atoms with Crippen LogP contribution in [-0.4, -0.2) is 19.6 Å². The first-order chi connectivity index (χ1) is 10.5. The fourth-order valence-electron chi connectivity index (χ4n) is 2.11. The van der Waals surface area contributed by atoms with Crippen LogP contribution in [0, 0.1) is 13.8 Å². The number of anilines is 1. The molecule has 1 N–H and O–H groups in total. The number of aryl methyl sites for hydroxylation is 2. The van der Waals surface area contributed by atoms with Gasteiger partial charge in [-0.3, -0.25) is 4.79 Å². The summed E-state index contributed by atoms with van der Waals surface area (Å²) < 4.78 is 10.7. The number of hydrogen-bond donors (Lipinski definition) is 1. The molecule has 0 aliphatic carbocycles. The van der Waals surface area contributed by atoms with E-state index >= 15 is 0 Å². The van der Waals surface area contributed by atoms with Gasteiger partial charge in [0.05, 0.1) is 12.1 Å². The number of halogens is 1. The molecule has 2 aromatic carbocycles. The summed E-state index contributed by atoms with van der Waals surface area (Å²) in [6, 6.07) is 10.9. The van der Waals surface area contributed by atoms with E-state index in [4.69, 9.17) is 21.1 Å². The molecule has 0 radical (unpaired) electrons. The van der Waals surface area contributed by atoms with Gasteiger partial charge in [-0.2, -0.15) is 0 Å². The molecule has 2 rings (SSSR count). The van der Waals surface area contributed by atoms with Crippen molar-refractivity contribution in [2.24, 2.45) is 0 Å². The molecule has 22 heavy (non-hydrogen) atoms. The largest absolute Gasteiger partial charge is 0.495 e. The molecule has 0 aliphatic rings. The summed E-state index contributed by atoms with van der Waals surface area (Å²) >= 11 is 6.02. The highest BCUT2D eigenvalue weighted by atomic mass is 35.5. The molecule has 116 valence electrons. The zero-order valence-corrected chi connectivity index (χ0v) is 13.5. The molecule has 0 unspecified atom stereocenters. The Balaban J connectivity index is 1.97. The zero-order valence-electron chi connectivity index (χ0n) is 12.8. The maximum absolute atomic E-state index is 12.0. The molecule has 4 nitrogen and oxygen atoms in total. The monoisotopic (exact) mass is 319 g/mol. The fraction of sp³-hybridized carbons (Fsp3) is 0.235. The number of amides is 1. The second kappa shape index (κ2) is 7.18. The van der Waals surface area contributed by atoms with Gasteiger partial charge in [-0.1, -0.05) is 29.8 Å². The van der Waals surface area contributed by atoms with Crippen LogP contribution in [-0.2, 0) is 4.79 Å². The first-order valence-electron chi connectivity index (χ1n) is 6.83. The quantitative estimate of drug-likeness (QED) is 0.906. The predicted octanol–water partition coefficient (Wildman–Crippen LogP) is 3.98. The van der Waals surface area contributed by atoms with E-state index in [1.165, 1.54) is 7.11 Å². The maximum atomic E-state index is 12.0. The number of carbonyl (C=O) groups is 1. The van der Waals surface area contributed by atoms with Crippen LogP contribution in [0.2, 0.25) is 5.02 Å². The average Bonchev–Trinajstić information content (AvgIpc) is 2.47. The summed E-state index contributed by atoms with van der Waals surface area (Å²) in [5.41, 5.74) is 2.60. The highest BCUT2D eigenvalue weighted by Gasteiger charge is 2.09. The van der Waals surface area contributed by atoms with E-state index < -0.39 is 0 Å². The van der Waals surface area contributed by atoms with E-state index in [9.17, 15) is 4.79 Å². The van der Waals surface area contributed by atoms with E-state index in [0.717, 1.165) is 16.9 Å².